The fraction of sp³-hybridized carbons (Fsp3) is 0. The molecule has 0 aliphatic carbocycles. The molecule has 0 aliphatic heterocycles. The Labute approximate surface area is 101 Å². The first-order valence-corrected chi connectivity index (χ1v) is 0. The quantitative estimate of drug-likeness (QED) is 0.381. The molecule has 0 atom stereocenters. The maximum absolute atomic E-state index is 0. The van der Waals surface area contributed by atoms with Crippen LogP contribution in [0.4, 0.5) is 0 Å². The van der Waals surface area contributed by atoms with Gasteiger partial charge in [0.1, 0.15) is 0 Å². The van der Waals surface area contributed by atoms with Crippen LogP contribution in [0.5, 0.6) is 0 Å². The standard InChI is InChI=1S/Ba.2FH.Sr/h;2*1H;/q+2;;;+2/p-2. The van der Waals surface area contributed by atoms with Gasteiger partial charge in [-0.25, -0.2) is 0 Å². The summed E-state index contributed by atoms with van der Waals surface area (Å²) in [5.41, 5.74) is 0. The molecule has 0 radical (unpaired) electrons. The van der Waals surface area contributed by atoms with E-state index < -0.39 is 0 Å². The number of rotatable bonds is 0. The van der Waals surface area contributed by atoms with E-state index in [9.17, 15) is 0 Å². The zero-order chi connectivity index (χ0) is 0. The molecule has 0 bridgehead atoms. The first-order valence-electron chi connectivity index (χ1n) is 0. The average molecular weight is 263 g/mol. The molecule has 0 nitrogen and oxygen atoms in total. The summed E-state index contributed by atoms with van der Waals surface area (Å²) in [6.07, 6.45) is 0. The third-order valence-electron chi connectivity index (χ3n) is 0. The van der Waals surface area contributed by atoms with Crippen LogP contribution in [0.1, 0.15) is 0 Å². The van der Waals surface area contributed by atoms with E-state index in [1.807, 2.05) is 0 Å². The van der Waals surface area contributed by atoms with E-state index in [1.54, 1.807) is 0 Å². The van der Waals surface area contributed by atoms with Crippen molar-refractivity contribution in [3.8, 4) is 0 Å². The molecule has 0 N–H and O–H groups in total. The van der Waals surface area contributed by atoms with Gasteiger partial charge in [-0.2, -0.15) is 0 Å². The van der Waals surface area contributed by atoms with Gasteiger partial charge >= 0.3 is 94.4 Å². The van der Waals surface area contributed by atoms with Crippen molar-refractivity contribution in [2.75, 3.05) is 0 Å². The summed E-state index contributed by atoms with van der Waals surface area (Å²) in [5.74, 6) is 0. The third kappa shape index (κ3) is 8.86. The smallest absolute Gasteiger partial charge is 1.00 e. The van der Waals surface area contributed by atoms with Crippen LogP contribution in [0.25, 0.3) is 0 Å². The van der Waals surface area contributed by atoms with Gasteiger partial charge in [-0.15, -0.1) is 0 Å². The van der Waals surface area contributed by atoms with E-state index in [0.717, 1.165) is 0 Å². The van der Waals surface area contributed by atoms with Gasteiger partial charge < -0.3 is 9.41 Å². The Bertz CT molecular complexity index is 6.00. The number of halogens is 2. The second-order valence-electron chi connectivity index (χ2n) is 0. The Hall–Kier alpha value is 2.91. The summed E-state index contributed by atoms with van der Waals surface area (Å²) in [4.78, 5) is 0. The molecule has 0 aromatic rings. The molecule has 4 heteroatoms. The molecule has 16 valence electrons. The van der Waals surface area contributed by atoms with Crippen LogP contribution in [-0.2, 0) is 0 Å². The second kappa shape index (κ2) is 16.8. The molecule has 0 saturated heterocycles. The molecule has 0 unspecified atom stereocenters. The first kappa shape index (κ1) is 28.5. The average Bonchev–Trinajstić information content (AvgIpc) is 0. The maximum atomic E-state index is 0. The van der Waals surface area contributed by atoms with Crippen molar-refractivity contribution in [3.63, 3.8) is 0 Å². The molecular weight excluding hydrogens is 263 g/mol. The van der Waals surface area contributed by atoms with Crippen molar-refractivity contribution in [3.05, 3.63) is 0 Å². The predicted octanol–water partition coefficient (Wildman–Crippen LogP) is -6.75. The molecule has 4 heavy (non-hydrogen) atoms. The minimum atomic E-state index is 0. The summed E-state index contributed by atoms with van der Waals surface area (Å²) in [5, 5.41) is 0. The van der Waals surface area contributed by atoms with Crippen LogP contribution in [-0.4, -0.2) is 94.4 Å². The molecule has 0 amide bonds. The van der Waals surface area contributed by atoms with E-state index in [2.05, 4.69) is 0 Å². The molecule has 0 saturated carbocycles. The third-order valence-corrected chi connectivity index (χ3v) is 0. The van der Waals surface area contributed by atoms with Crippen molar-refractivity contribution in [1.82, 2.24) is 0 Å². The Kier molecular flexibility index (Phi) is 120. The number of hydrogen-bond acceptors (Lipinski definition) is 0. The zero-order valence-electron chi connectivity index (χ0n) is 2.17. The molecule has 0 heterocycles. The molecule has 0 rings (SSSR count). The van der Waals surface area contributed by atoms with Crippen LogP contribution in [0.3, 0.4) is 0 Å². The van der Waals surface area contributed by atoms with Gasteiger partial charge in [0.15, 0.2) is 0 Å². The van der Waals surface area contributed by atoms with Crippen LogP contribution in [0.15, 0.2) is 0 Å². The molecular formula is BaF2Sr+2. The fourth-order valence-corrected chi connectivity index (χ4v) is 0. The van der Waals surface area contributed by atoms with E-state index >= 15 is 0 Å². The Morgan fingerprint density at radius 1 is 0.750 bits per heavy atom. The molecule has 0 aromatic carbocycles. The van der Waals surface area contributed by atoms with Crippen LogP contribution >= 0.6 is 0 Å². The molecule has 0 fully saturated rings. The first-order chi connectivity index (χ1) is 0. The Morgan fingerprint density at radius 3 is 0.750 bits per heavy atom. The van der Waals surface area contributed by atoms with Crippen LogP contribution < -0.4 is 9.41 Å². The van der Waals surface area contributed by atoms with Crippen LogP contribution in [0, 0.1) is 0 Å². The summed E-state index contributed by atoms with van der Waals surface area (Å²) >= 11 is 0. The van der Waals surface area contributed by atoms with Gasteiger partial charge in [0.2, 0.25) is 0 Å². The van der Waals surface area contributed by atoms with Gasteiger partial charge in [0.05, 0.1) is 0 Å². The van der Waals surface area contributed by atoms with E-state index in [0.29, 0.717) is 0 Å². The summed E-state index contributed by atoms with van der Waals surface area (Å²) < 4.78 is 0. The largest absolute Gasteiger partial charge is 2.00 e. The number of hydrogen-bond donors (Lipinski definition) is 0. The van der Waals surface area contributed by atoms with Gasteiger partial charge in [0.25, 0.3) is 0 Å². The van der Waals surface area contributed by atoms with Crippen LogP contribution in [0.2, 0.25) is 0 Å². The van der Waals surface area contributed by atoms with Gasteiger partial charge in [-0.3, -0.25) is 0 Å². The minimum absolute atomic E-state index is 0. The maximum Gasteiger partial charge on any atom is 2.00 e. The fourth-order valence-electron chi connectivity index (χ4n) is 0. The van der Waals surface area contributed by atoms with Crippen molar-refractivity contribution < 1.29 is 9.41 Å². The normalized spacial score (nSPS) is 0. The Morgan fingerprint density at radius 2 is 0.750 bits per heavy atom. The molecule has 0 aromatic heterocycles. The van der Waals surface area contributed by atoms with Crippen molar-refractivity contribution in [2.45, 2.75) is 0 Å². The Balaban J connectivity index is 0. The van der Waals surface area contributed by atoms with Crippen molar-refractivity contribution >= 4 is 94.4 Å². The van der Waals surface area contributed by atoms with E-state index in [1.165, 1.54) is 0 Å². The van der Waals surface area contributed by atoms with Gasteiger partial charge in [-0.1, -0.05) is 0 Å². The monoisotopic (exact) mass is 264 g/mol. The molecule has 0 aliphatic rings. The SMILES string of the molecule is [Ba+2].[F-].[F-].[Sr+2]. The predicted molar refractivity (Wildman–Crippen MR) is 11.5 cm³/mol. The van der Waals surface area contributed by atoms with E-state index in [4.69, 9.17) is 0 Å². The topological polar surface area (TPSA) is 0 Å². The minimum Gasteiger partial charge on any atom is -1.00 e. The zero-order valence-corrected chi connectivity index (χ0v) is 10.1. The van der Waals surface area contributed by atoms with Gasteiger partial charge in [-0.05, 0) is 0 Å². The van der Waals surface area contributed by atoms with Crippen molar-refractivity contribution in [1.29, 1.82) is 0 Å². The van der Waals surface area contributed by atoms with Gasteiger partial charge in [0, 0.05) is 0 Å². The van der Waals surface area contributed by atoms with Crippen molar-refractivity contribution in [2.24, 2.45) is 0 Å². The molecule has 0 spiro atoms. The van der Waals surface area contributed by atoms with E-state index in [-0.39, 0.29) is 104 Å². The second-order valence-corrected chi connectivity index (χ2v) is 0. The summed E-state index contributed by atoms with van der Waals surface area (Å²) in [6, 6.07) is 0. The summed E-state index contributed by atoms with van der Waals surface area (Å²) in [6.45, 7) is 0. The summed E-state index contributed by atoms with van der Waals surface area (Å²) in [7, 11) is 0.